The van der Waals surface area contributed by atoms with E-state index in [0.717, 1.165) is 5.69 Å². The number of aromatic nitrogens is 3. The van der Waals surface area contributed by atoms with Crippen LogP contribution in [0.15, 0.2) is 59.5 Å². The second-order valence-corrected chi connectivity index (χ2v) is 6.37. The number of aromatic amines is 1. The largest absolute Gasteiger partial charge is 0.322 e. The molecule has 2 aromatic carbocycles. The zero-order valence-corrected chi connectivity index (χ0v) is 15.3. The maximum absolute atomic E-state index is 12.7. The molecule has 0 saturated heterocycles. The minimum atomic E-state index is -0.395. The molecule has 140 valence electrons. The van der Waals surface area contributed by atoms with E-state index in [1.54, 1.807) is 49.5 Å². The molecule has 0 fully saturated rings. The maximum atomic E-state index is 12.7. The molecule has 8 heteroatoms. The Labute approximate surface area is 159 Å². The van der Waals surface area contributed by atoms with E-state index in [4.69, 9.17) is 0 Å². The number of H-pyrrole nitrogens is 1. The standard InChI is InChI=1S/C20H17N5O3/c1-12(26)24(2)14-9-7-13(8-10-14)22-20(28)16-11-21-25-17-6-4-3-5-15(17)19(27)23-18(16)25/h3-11H,1-2H3,(H,22,28)(H,23,27). The third kappa shape index (κ3) is 2.90. The molecule has 4 aromatic rings. The van der Waals surface area contributed by atoms with Gasteiger partial charge < -0.3 is 15.2 Å². The Hall–Kier alpha value is -3.94. The Morgan fingerprint density at radius 1 is 1.11 bits per heavy atom. The SMILES string of the molecule is CC(=O)N(C)c1ccc(NC(=O)c2cnn3c2[nH]c(=O)c2ccccc23)cc1. The van der Waals surface area contributed by atoms with Crippen molar-refractivity contribution in [2.45, 2.75) is 6.92 Å². The van der Waals surface area contributed by atoms with Gasteiger partial charge in [-0.15, -0.1) is 0 Å². The Kier molecular flexibility index (Phi) is 4.15. The number of carbonyl (C=O) groups excluding carboxylic acids is 2. The third-order valence-electron chi connectivity index (χ3n) is 4.61. The zero-order chi connectivity index (χ0) is 19.8. The number of hydrogen-bond donors (Lipinski definition) is 2. The molecule has 0 unspecified atom stereocenters. The van der Waals surface area contributed by atoms with Gasteiger partial charge in [0.1, 0.15) is 11.2 Å². The predicted octanol–water partition coefficient (Wildman–Crippen LogP) is 2.41. The normalized spacial score (nSPS) is 10.9. The summed E-state index contributed by atoms with van der Waals surface area (Å²) in [5, 5.41) is 7.53. The molecule has 0 aliphatic carbocycles. The highest BCUT2D eigenvalue weighted by Crippen LogP contribution is 2.19. The fraction of sp³-hybridized carbons (Fsp3) is 0.100. The molecular formula is C20H17N5O3. The second kappa shape index (κ2) is 6.66. The Morgan fingerprint density at radius 2 is 1.82 bits per heavy atom. The molecular weight excluding hydrogens is 358 g/mol. The number of nitrogens with zero attached hydrogens (tertiary/aromatic N) is 3. The molecule has 0 saturated carbocycles. The lowest BCUT2D eigenvalue weighted by Gasteiger charge is -2.15. The summed E-state index contributed by atoms with van der Waals surface area (Å²) in [6.45, 7) is 1.48. The van der Waals surface area contributed by atoms with Crippen molar-refractivity contribution in [3.63, 3.8) is 0 Å². The van der Waals surface area contributed by atoms with Crippen LogP contribution in [-0.4, -0.2) is 33.5 Å². The lowest BCUT2D eigenvalue weighted by Crippen LogP contribution is -2.22. The van der Waals surface area contributed by atoms with Gasteiger partial charge in [-0.2, -0.15) is 5.10 Å². The average Bonchev–Trinajstić information content (AvgIpc) is 3.12. The molecule has 2 aromatic heterocycles. The van der Waals surface area contributed by atoms with Gasteiger partial charge in [-0.25, -0.2) is 4.52 Å². The minimum absolute atomic E-state index is 0.0840. The van der Waals surface area contributed by atoms with Gasteiger partial charge in [0, 0.05) is 25.3 Å². The second-order valence-electron chi connectivity index (χ2n) is 6.37. The van der Waals surface area contributed by atoms with Gasteiger partial charge in [-0.05, 0) is 36.4 Å². The smallest absolute Gasteiger partial charge is 0.261 e. The van der Waals surface area contributed by atoms with E-state index in [-0.39, 0.29) is 17.0 Å². The molecule has 0 spiro atoms. The molecule has 2 heterocycles. The number of para-hydroxylation sites is 1. The molecule has 28 heavy (non-hydrogen) atoms. The summed E-state index contributed by atoms with van der Waals surface area (Å²) in [5.74, 6) is -0.479. The van der Waals surface area contributed by atoms with Crippen molar-refractivity contribution in [2.75, 3.05) is 17.3 Å². The van der Waals surface area contributed by atoms with E-state index in [9.17, 15) is 14.4 Å². The van der Waals surface area contributed by atoms with Gasteiger partial charge in [0.05, 0.1) is 17.1 Å². The number of hydrogen-bond acceptors (Lipinski definition) is 4. The van der Waals surface area contributed by atoms with Crippen molar-refractivity contribution in [2.24, 2.45) is 0 Å². The van der Waals surface area contributed by atoms with Crippen molar-refractivity contribution >= 4 is 39.7 Å². The molecule has 2 N–H and O–H groups in total. The lowest BCUT2D eigenvalue weighted by molar-refractivity contribution is -0.116. The Bertz CT molecular complexity index is 1270. The van der Waals surface area contributed by atoms with Crippen molar-refractivity contribution in [3.05, 3.63) is 70.6 Å². The highest BCUT2D eigenvalue weighted by molar-refractivity contribution is 6.08. The van der Waals surface area contributed by atoms with Crippen molar-refractivity contribution in [3.8, 4) is 0 Å². The van der Waals surface area contributed by atoms with Crippen LogP contribution in [0.2, 0.25) is 0 Å². The number of amides is 2. The fourth-order valence-electron chi connectivity index (χ4n) is 2.99. The van der Waals surface area contributed by atoms with Gasteiger partial charge in [0.15, 0.2) is 0 Å². The number of nitrogens with one attached hydrogen (secondary N) is 2. The van der Waals surface area contributed by atoms with Crippen LogP contribution in [0.3, 0.4) is 0 Å². The van der Waals surface area contributed by atoms with Crippen molar-refractivity contribution < 1.29 is 9.59 Å². The summed E-state index contributed by atoms with van der Waals surface area (Å²) >= 11 is 0. The van der Waals surface area contributed by atoms with Gasteiger partial charge in [0.2, 0.25) is 5.91 Å². The Balaban J connectivity index is 1.66. The third-order valence-corrected chi connectivity index (χ3v) is 4.61. The highest BCUT2D eigenvalue weighted by atomic mass is 16.2. The van der Waals surface area contributed by atoms with E-state index >= 15 is 0 Å². The molecule has 4 rings (SSSR count). The van der Waals surface area contributed by atoms with E-state index in [1.165, 1.54) is 22.5 Å². The first-order valence-electron chi connectivity index (χ1n) is 8.60. The summed E-state index contributed by atoms with van der Waals surface area (Å²) in [6.07, 6.45) is 1.42. The van der Waals surface area contributed by atoms with Crippen LogP contribution in [0, 0.1) is 0 Å². The first-order chi connectivity index (χ1) is 13.5. The quantitative estimate of drug-likeness (QED) is 0.574. The van der Waals surface area contributed by atoms with Crippen molar-refractivity contribution in [1.29, 1.82) is 0 Å². The molecule has 0 radical (unpaired) electrons. The van der Waals surface area contributed by atoms with Gasteiger partial charge >= 0.3 is 0 Å². The summed E-state index contributed by atoms with van der Waals surface area (Å²) in [5.41, 5.74) is 2.21. The fourth-order valence-corrected chi connectivity index (χ4v) is 2.99. The summed E-state index contributed by atoms with van der Waals surface area (Å²) in [6, 6.07) is 13.9. The van der Waals surface area contributed by atoms with Crippen LogP contribution in [0.25, 0.3) is 16.6 Å². The van der Waals surface area contributed by atoms with Crippen LogP contribution in [-0.2, 0) is 4.79 Å². The molecule has 8 nitrogen and oxygen atoms in total. The molecule has 0 aliphatic rings. The summed E-state index contributed by atoms with van der Waals surface area (Å²) in [4.78, 5) is 40.7. The number of fused-ring (bicyclic) bond motifs is 3. The van der Waals surface area contributed by atoms with E-state index < -0.39 is 5.91 Å². The number of anilines is 2. The predicted molar refractivity (Wildman–Crippen MR) is 107 cm³/mol. The number of carbonyl (C=O) groups is 2. The highest BCUT2D eigenvalue weighted by Gasteiger charge is 2.16. The van der Waals surface area contributed by atoms with E-state index in [2.05, 4.69) is 15.4 Å². The van der Waals surface area contributed by atoms with Crippen LogP contribution >= 0.6 is 0 Å². The van der Waals surface area contributed by atoms with Gasteiger partial charge in [-0.1, -0.05) is 12.1 Å². The van der Waals surface area contributed by atoms with E-state index in [1.807, 2.05) is 6.07 Å². The zero-order valence-electron chi connectivity index (χ0n) is 15.3. The van der Waals surface area contributed by atoms with Gasteiger partial charge in [-0.3, -0.25) is 14.4 Å². The summed E-state index contributed by atoms with van der Waals surface area (Å²) in [7, 11) is 1.68. The Morgan fingerprint density at radius 3 is 2.54 bits per heavy atom. The van der Waals surface area contributed by atoms with Crippen molar-refractivity contribution in [1.82, 2.24) is 14.6 Å². The van der Waals surface area contributed by atoms with Crippen LogP contribution in [0.5, 0.6) is 0 Å². The molecule has 0 aliphatic heterocycles. The first kappa shape index (κ1) is 17.5. The minimum Gasteiger partial charge on any atom is -0.322 e. The topological polar surface area (TPSA) is 99.6 Å². The number of rotatable bonds is 3. The molecule has 2 amide bonds. The monoisotopic (exact) mass is 375 g/mol. The first-order valence-corrected chi connectivity index (χ1v) is 8.60. The summed E-state index contributed by atoms with van der Waals surface area (Å²) < 4.78 is 1.54. The number of benzene rings is 2. The van der Waals surface area contributed by atoms with Crippen LogP contribution in [0.1, 0.15) is 17.3 Å². The average molecular weight is 375 g/mol. The van der Waals surface area contributed by atoms with Gasteiger partial charge in [0.25, 0.3) is 11.5 Å². The maximum Gasteiger partial charge on any atom is 0.261 e. The molecule has 0 bridgehead atoms. The van der Waals surface area contributed by atoms with Crippen LogP contribution in [0.4, 0.5) is 11.4 Å². The lowest BCUT2D eigenvalue weighted by atomic mass is 10.2. The van der Waals surface area contributed by atoms with Crippen LogP contribution < -0.4 is 15.8 Å². The molecule has 0 atom stereocenters. The van der Waals surface area contributed by atoms with E-state index in [0.29, 0.717) is 22.2 Å².